The highest BCUT2D eigenvalue weighted by molar-refractivity contribution is 6.07. The summed E-state index contributed by atoms with van der Waals surface area (Å²) in [6.45, 7) is 4.23. The first-order valence-electron chi connectivity index (χ1n) is 7.47. The number of carbonyl (C=O) groups is 1. The zero-order valence-corrected chi connectivity index (χ0v) is 13.2. The standard InChI is InChI=1S/C17H23N3O/c1-5-12(6-2)20(4)17(21)14-11-16(18-3)19-15-10-8-7-9-13(14)15/h7-12H,5-6H2,1-4H3,(H,18,19). The predicted molar refractivity (Wildman–Crippen MR) is 87.8 cm³/mol. The summed E-state index contributed by atoms with van der Waals surface area (Å²) in [6.07, 6.45) is 1.92. The number of hydrogen-bond acceptors (Lipinski definition) is 3. The van der Waals surface area contributed by atoms with Gasteiger partial charge in [-0.2, -0.15) is 0 Å². The number of para-hydroxylation sites is 1. The van der Waals surface area contributed by atoms with Gasteiger partial charge in [0, 0.05) is 25.5 Å². The zero-order valence-electron chi connectivity index (χ0n) is 13.2. The predicted octanol–water partition coefficient (Wildman–Crippen LogP) is 3.54. The van der Waals surface area contributed by atoms with E-state index in [-0.39, 0.29) is 11.9 Å². The van der Waals surface area contributed by atoms with E-state index in [2.05, 4.69) is 24.1 Å². The lowest BCUT2D eigenvalue weighted by atomic mass is 10.1. The number of benzene rings is 1. The van der Waals surface area contributed by atoms with Crippen LogP contribution >= 0.6 is 0 Å². The van der Waals surface area contributed by atoms with E-state index in [1.54, 1.807) is 0 Å². The average molecular weight is 285 g/mol. The molecule has 0 unspecified atom stereocenters. The smallest absolute Gasteiger partial charge is 0.254 e. The second kappa shape index (κ2) is 6.57. The van der Waals surface area contributed by atoms with Crippen LogP contribution < -0.4 is 5.32 Å². The molecule has 0 aliphatic carbocycles. The molecule has 1 heterocycles. The van der Waals surface area contributed by atoms with Crippen molar-refractivity contribution in [3.05, 3.63) is 35.9 Å². The molecule has 4 nitrogen and oxygen atoms in total. The van der Waals surface area contributed by atoms with Crippen LogP contribution in [-0.2, 0) is 0 Å². The largest absolute Gasteiger partial charge is 0.373 e. The van der Waals surface area contributed by atoms with Crippen molar-refractivity contribution in [2.24, 2.45) is 0 Å². The highest BCUT2D eigenvalue weighted by Gasteiger charge is 2.21. The Kier molecular flexibility index (Phi) is 4.78. The summed E-state index contributed by atoms with van der Waals surface area (Å²) in [6, 6.07) is 9.87. The van der Waals surface area contributed by atoms with Crippen LogP contribution in [0.4, 0.5) is 5.82 Å². The second-order valence-corrected chi connectivity index (χ2v) is 5.21. The second-order valence-electron chi connectivity index (χ2n) is 5.21. The fraction of sp³-hybridized carbons (Fsp3) is 0.412. The molecule has 0 aliphatic heterocycles. The van der Waals surface area contributed by atoms with E-state index in [9.17, 15) is 4.79 Å². The third-order valence-corrected chi connectivity index (χ3v) is 4.01. The Labute approximate surface area is 126 Å². The molecule has 0 atom stereocenters. The number of anilines is 1. The van der Waals surface area contributed by atoms with Gasteiger partial charge in [-0.25, -0.2) is 4.98 Å². The maximum Gasteiger partial charge on any atom is 0.254 e. The number of hydrogen-bond donors (Lipinski definition) is 1. The van der Waals surface area contributed by atoms with Crippen LogP contribution in [0.25, 0.3) is 10.9 Å². The molecule has 2 rings (SSSR count). The molecule has 4 heteroatoms. The molecular formula is C17H23N3O. The van der Waals surface area contributed by atoms with Gasteiger partial charge in [-0.15, -0.1) is 0 Å². The fourth-order valence-electron chi connectivity index (χ4n) is 2.67. The molecule has 1 N–H and O–H groups in total. The lowest BCUT2D eigenvalue weighted by molar-refractivity contribution is 0.0725. The number of nitrogens with one attached hydrogen (secondary N) is 1. The van der Waals surface area contributed by atoms with Crippen LogP contribution in [0.5, 0.6) is 0 Å². The average Bonchev–Trinajstić information content (AvgIpc) is 2.54. The maximum absolute atomic E-state index is 12.9. The minimum atomic E-state index is 0.0544. The number of fused-ring (bicyclic) bond motifs is 1. The van der Waals surface area contributed by atoms with Crippen LogP contribution in [0.1, 0.15) is 37.0 Å². The molecule has 0 saturated carbocycles. The molecule has 0 saturated heterocycles. The Morgan fingerprint density at radius 3 is 2.57 bits per heavy atom. The maximum atomic E-state index is 12.9. The van der Waals surface area contributed by atoms with Crippen molar-refractivity contribution in [2.45, 2.75) is 32.7 Å². The van der Waals surface area contributed by atoms with Gasteiger partial charge in [0.05, 0.1) is 11.1 Å². The normalized spacial score (nSPS) is 10.9. The van der Waals surface area contributed by atoms with Gasteiger partial charge in [0.1, 0.15) is 5.82 Å². The summed E-state index contributed by atoms with van der Waals surface area (Å²) < 4.78 is 0. The molecule has 1 aromatic heterocycles. The Bertz CT molecular complexity index is 635. The SMILES string of the molecule is CCC(CC)N(C)C(=O)c1cc(NC)nc2ccccc12. The molecule has 0 fully saturated rings. The Morgan fingerprint density at radius 2 is 1.95 bits per heavy atom. The first-order valence-corrected chi connectivity index (χ1v) is 7.47. The van der Waals surface area contributed by atoms with E-state index < -0.39 is 0 Å². The fourth-order valence-corrected chi connectivity index (χ4v) is 2.67. The van der Waals surface area contributed by atoms with Gasteiger partial charge in [0.2, 0.25) is 0 Å². The lowest BCUT2D eigenvalue weighted by Gasteiger charge is -2.27. The first kappa shape index (κ1) is 15.3. The van der Waals surface area contributed by atoms with Crippen LogP contribution in [0.3, 0.4) is 0 Å². The number of rotatable bonds is 5. The van der Waals surface area contributed by atoms with Crippen LogP contribution in [0.2, 0.25) is 0 Å². The van der Waals surface area contributed by atoms with Gasteiger partial charge >= 0.3 is 0 Å². The third kappa shape index (κ3) is 2.99. The van der Waals surface area contributed by atoms with E-state index in [0.29, 0.717) is 5.56 Å². The number of pyridine rings is 1. The minimum Gasteiger partial charge on any atom is -0.373 e. The third-order valence-electron chi connectivity index (χ3n) is 4.01. The zero-order chi connectivity index (χ0) is 15.4. The molecule has 112 valence electrons. The number of carbonyl (C=O) groups excluding carboxylic acids is 1. The quantitative estimate of drug-likeness (QED) is 0.914. The van der Waals surface area contributed by atoms with Gasteiger partial charge in [0.15, 0.2) is 0 Å². The van der Waals surface area contributed by atoms with Crippen molar-refractivity contribution in [3.8, 4) is 0 Å². The highest BCUT2D eigenvalue weighted by atomic mass is 16.2. The van der Waals surface area contributed by atoms with Gasteiger partial charge in [-0.05, 0) is 25.0 Å². The van der Waals surface area contributed by atoms with E-state index in [0.717, 1.165) is 29.6 Å². The number of aromatic nitrogens is 1. The number of amides is 1. The molecule has 21 heavy (non-hydrogen) atoms. The molecule has 0 radical (unpaired) electrons. The van der Waals surface area contributed by atoms with Crippen molar-refractivity contribution in [2.75, 3.05) is 19.4 Å². The Balaban J connectivity index is 2.51. The van der Waals surface area contributed by atoms with Gasteiger partial charge in [-0.1, -0.05) is 32.0 Å². The summed E-state index contributed by atoms with van der Waals surface area (Å²) in [4.78, 5) is 19.2. The van der Waals surface area contributed by atoms with Gasteiger partial charge in [-0.3, -0.25) is 4.79 Å². The topological polar surface area (TPSA) is 45.2 Å². The lowest BCUT2D eigenvalue weighted by Crippen LogP contribution is -2.36. The first-order chi connectivity index (χ1) is 10.1. The highest BCUT2D eigenvalue weighted by Crippen LogP contribution is 2.23. The van der Waals surface area contributed by atoms with Crippen molar-refractivity contribution in [3.63, 3.8) is 0 Å². The Morgan fingerprint density at radius 1 is 1.29 bits per heavy atom. The summed E-state index contributed by atoms with van der Waals surface area (Å²) in [5.74, 6) is 0.772. The van der Waals surface area contributed by atoms with Crippen molar-refractivity contribution < 1.29 is 4.79 Å². The van der Waals surface area contributed by atoms with Crippen molar-refractivity contribution >= 4 is 22.6 Å². The molecule has 0 aliphatic rings. The molecule has 1 aromatic carbocycles. The van der Waals surface area contributed by atoms with Crippen LogP contribution in [0, 0.1) is 0 Å². The van der Waals surface area contributed by atoms with E-state index >= 15 is 0 Å². The molecule has 2 aromatic rings. The van der Waals surface area contributed by atoms with Crippen molar-refractivity contribution in [1.82, 2.24) is 9.88 Å². The summed E-state index contributed by atoms with van der Waals surface area (Å²) >= 11 is 0. The molecular weight excluding hydrogens is 262 g/mol. The summed E-state index contributed by atoms with van der Waals surface area (Å²) in [5.41, 5.74) is 1.55. The van der Waals surface area contributed by atoms with Gasteiger partial charge < -0.3 is 10.2 Å². The van der Waals surface area contributed by atoms with E-state index in [1.807, 2.05) is 49.3 Å². The van der Waals surface area contributed by atoms with Crippen molar-refractivity contribution in [1.29, 1.82) is 0 Å². The minimum absolute atomic E-state index is 0.0544. The van der Waals surface area contributed by atoms with E-state index in [1.165, 1.54) is 0 Å². The van der Waals surface area contributed by atoms with Gasteiger partial charge in [0.25, 0.3) is 5.91 Å². The van der Waals surface area contributed by atoms with Crippen LogP contribution in [0.15, 0.2) is 30.3 Å². The molecule has 0 bridgehead atoms. The monoisotopic (exact) mass is 285 g/mol. The molecule has 1 amide bonds. The molecule has 0 spiro atoms. The van der Waals surface area contributed by atoms with E-state index in [4.69, 9.17) is 0 Å². The van der Waals surface area contributed by atoms with Crippen LogP contribution in [-0.4, -0.2) is 35.9 Å². The number of nitrogens with zero attached hydrogens (tertiary/aromatic N) is 2. The Hall–Kier alpha value is -2.10. The summed E-state index contributed by atoms with van der Waals surface area (Å²) in [7, 11) is 3.70. The summed E-state index contributed by atoms with van der Waals surface area (Å²) in [5, 5.41) is 3.93.